The van der Waals surface area contributed by atoms with E-state index < -0.39 is 0 Å². The van der Waals surface area contributed by atoms with Gasteiger partial charge >= 0.3 is 0 Å². The molecular weight excluding hydrogens is 342 g/mol. The highest BCUT2D eigenvalue weighted by molar-refractivity contribution is 5.79. The monoisotopic (exact) mass is 383 g/mol. The zero-order valence-electron chi connectivity index (χ0n) is 17.9. The first-order chi connectivity index (χ1) is 13.1. The van der Waals surface area contributed by atoms with E-state index in [9.17, 15) is 0 Å². The van der Waals surface area contributed by atoms with Gasteiger partial charge in [0.15, 0.2) is 5.96 Å². The molecule has 0 radical (unpaired) electrons. The van der Waals surface area contributed by atoms with E-state index in [1.807, 2.05) is 7.05 Å². The molecule has 0 aromatic heterocycles. The Hall–Kier alpha value is -0.850. The van der Waals surface area contributed by atoms with Gasteiger partial charge in [-0.1, -0.05) is 13.8 Å². The van der Waals surface area contributed by atoms with Crippen molar-refractivity contribution in [3.63, 3.8) is 0 Å². The number of piperidine rings is 1. The van der Waals surface area contributed by atoms with E-state index in [2.05, 4.69) is 36.0 Å². The largest absolute Gasteiger partial charge is 0.378 e. The third-order valence-corrected chi connectivity index (χ3v) is 5.58. The molecular formula is C21H41N3O3. The topological polar surface area (TPSA) is 55.3 Å². The number of hydrogen-bond donors (Lipinski definition) is 1. The SMILES string of the molecule is CCOC(CCNC(=NC)N1CCC(OCC2CCCCO2)CC1)C(C)C. The van der Waals surface area contributed by atoms with Crippen LogP contribution in [0.3, 0.4) is 0 Å². The van der Waals surface area contributed by atoms with Crippen LogP contribution in [0.15, 0.2) is 4.99 Å². The van der Waals surface area contributed by atoms with Crippen LogP contribution < -0.4 is 5.32 Å². The van der Waals surface area contributed by atoms with Crippen molar-refractivity contribution < 1.29 is 14.2 Å². The molecule has 0 bridgehead atoms. The van der Waals surface area contributed by atoms with E-state index in [4.69, 9.17) is 14.2 Å². The lowest BCUT2D eigenvalue weighted by Gasteiger charge is -2.35. The zero-order chi connectivity index (χ0) is 19.5. The molecule has 2 atom stereocenters. The molecule has 2 saturated heterocycles. The maximum Gasteiger partial charge on any atom is 0.193 e. The molecule has 0 spiro atoms. The van der Waals surface area contributed by atoms with Gasteiger partial charge in [0.1, 0.15) is 0 Å². The first-order valence-electron chi connectivity index (χ1n) is 10.9. The van der Waals surface area contributed by atoms with Crippen molar-refractivity contribution in [3.05, 3.63) is 0 Å². The minimum Gasteiger partial charge on any atom is -0.378 e. The molecule has 6 heteroatoms. The number of rotatable bonds is 9. The van der Waals surface area contributed by atoms with Crippen molar-refractivity contribution in [1.82, 2.24) is 10.2 Å². The number of hydrogen-bond acceptors (Lipinski definition) is 4. The van der Waals surface area contributed by atoms with E-state index in [-0.39, 0.29) is 0 Å². The van der Waals surface area contributed by atoms with Crippen LogP contribution in [0.4, 0.5) is 0 Å². The van der Waals surface area contributed by atoms with Crippen LogP contribution in [-0.4, -0.2) is 75.7 Å². The lowest BCUT2D eigenvalue weighted by atomic mass is 10.0. The molecule has 2 rings (SSSR count). The van der Waals surface area contributed by atoms with Gasteiger partial charge in [-0.15, -0.1) is 0 Å². The Balaban J connectivity index is 1.65. The van der Waals surface area contributed by atoms with Gasteiger partial charge in [-0.25, -0.2) is 0 Å². The molecule has 2 unspecified atom stereocenters. The average Bonchev–Trinajstić information content (AvgIpc) is 2.70. The summed E-state index contributed by atoms with van der Waals surface area (Å²) in [6, 6.07) is 0. The van der Waals surface area contributed by atoms with Gasteiger partial charge in [0, 0.05) is 39.9 Å². The molecule has 1 N–H and O–H groups in total. The van der Waals surface area contributed by atoms with E-state index >= 15 is 0 Å². The number of ether oxygens (including phenoxy) is 3. The molecule has 158 valence electrons. The summed E-state index contributed by atoms with van der Waals surface area (Å²) in [5.41, 5.74) is 0. The smallest absolute Gasteiger partial charge is 0.193 e. The van der Waals surface area contributed by atoms with E-state index in [1.54, 1.807) is 0 Å². The Morgan fingerprint density at radius 1 is 1.22 bits per heavy atom. The van der Waals surface area contributed by atoms with Crippen molar-refractivity contribution >= 4 is 5.96 Å². The van der Waals surface area contributed by atoms with Gasteiger partial charge in [-0.3, -0.25) is 4.99 Å². The molecule has 0 aromatic carbocycles. The highest BCUT2D eigenvalue weighted by Crippen LogP contribution is 2.18. The van der Waals surface area contributed by atoms with Gasteiger partial charge < -0.3 is 24.4 Å². The van der Waals surface area contributed by atoms with Crippen LogP contribution in [0, 0.1) is 5.92 Å². The Morgan fingerprint density at radius 3 is 2.59 bits per heavy atom. The van der Waals surface area contributed by atoms with Crippen LogP contribution in [0.2, 0.25) is 0 Å². The molecule has 27 heavy (non-hydrogen) atoms. The predicted molar refractivity (Wildman–Crippen MR) is 110 cm³/mol. The zero-order valence-corrected chi connectivity index (χ0v) is 17.9. The normalized spacial score (nSPS) is 23.7. The molecule has 2 heterocycles. The predicted octanol–water partition coefficient (Wildman–Crippen LogP) is 3.06. The van der Waals surface area contributed by atoms with Crippen molar-refractivity contribution in [2.75, 3.05) is 46.5 Å². The van der Waals surface area contributed by atoms with Crippen LogP contribution in [0.5, 0.6) is 0 Å². The third-order valence-electron chi connectivity index (χ3n) is 5.58. The fourth-order valence-electron chi connectivity index (χ4n) is 3.90. The van der Waals surface area contributed by atoms with E-state index in [0.29, 0.717) is 24.2 Å². The Kier molecular flexibility index (Phi) is 10.5. The summed E-state index contributed by atoms with van der Waals surface area (Å²) in [6.07, 6.45) is 7.71. The lowest BCUT2D eigenvalue weighted by molar-refractivity contribution is -0.0721. The van der Waals surface area contributed by atoms with Gasteiger partial charge in [-0.2, -0.15) is 0 Å². The van der Waals surface area contributed by atoms with Crippen molar-refractivity contribution in [3.8, 4) is 0 Å². The summed E-state index contributed by atoms with van der Waals surface area (Å²) in [4.78, 5) is 6.82. The Bertz CT molecular complexity index is 417. The summed E-state index contributed by atoms with van der Waals surface area (Å²) in [7, 11) is 1.87. The summed E-state index contributed by atoms with van der Waals surface area (Å²) < 4.78 is 17.7. The average molecular weight is 384 g/mol. The van der Waals surface area contributed by atoms with Crippen LogP contribution >= 0.6 is 0 Å². The fourth-order valence-corrected chi connectivity index (χ4v) is 3.90. The molecule has 0 amide bonds. The number of aliphatic imine (C=N–C) groups is 1. The minimum atomic E-state index is 0.307. The number of nitrogens with zero attached hydrogens (tertiary/aromatic N) is 2. The molecule has 2 aliphatic rings. The quantitative estimate of drug-likeness (QED) is 0.490. The third kappa shape index (κ3) is 7.96. The Labute approximate surface area is 166 Å². The summed E-state index contributed by atoms with van der Waals surface area (Å²) >= 11 is 0. The molecule has 2 fully saturated rings. The summed E-state index contributed by atoms with van der Waals surface area (Å²) in [6.45, 7) is 11.8. The van der Waals surface area contributed by atoms with Crippen LogP contribution in [0.1, 0.15) is 59.3 Å². The fraction of sp³-hybridized carbons (Fsp3) is 0.952. The van der Waals surface area contributed by atoms with Crippen LogP contribution in [-0.2, 0) is 14.2 Å². The number of nitrogens with one attached hydrogen (secondary N) is 1. The van der Waals surface area contributed by atoms with Gasteiger partial charge in [0.2, 0.25) is 0 Å². The lowest BCUT2D eigenvalue weighted by Crippen LogP contribution is -2.47. The first-order valence-corrected chi connectivity index (χ1v) is 10.9. The van der Waals surface area contributed by atoms with Crippen LogP contribution in [0.25, 0.3) is 0 Å². The summed E-state index contributed by atoms with van der Waals surface area (Å²) in [5, 5.41) is 3.52. The van der Waals surface area contributed by atoms with Gasteiger partial charge in [0.25, 0.3) is 0 Å². The summed E-state index contributed by atoms with van der Waals surface area (Å²) in [5.74, 6) is 1.54. The maximum atomic E-state index is 6.12. The van der Waals surface area contributed by atoms with Gasteiger partial charge in [0.05, 0.1) is 24.9 Å². The molecule has 2 aliphatic heterocycles. The maximum absolute atomic E-state index is 6.12. The highest BCUT2D eigenvalue weighted by Gasteiger charge is 2.24. The molecule has 6 nitrogen and oxygen atoms in total. The van der Waals surface area contributed by atoms with Crippen molar-refractivity contribution in [1.29, 1.82) is 0 Å². The van der Waals surface area contributed by atoms with E-state index in [0.717, 1.165) is 71.1 Å². The standard InChI is InChI=1S/C21H41N3O3/c1-5-25-20(17(2)3)9-12-23-21(22-4)24-13-10-18(11-14-24)27-16-19-8-6-7-15-26-19/h17-20H,5-16H2,1-4H3,(H,22,23). The molecule has 0 aromatic rings. The van der Waals surface area contributed by atoms with E-state index in [1.165, 1.54) is 12.8 Å². The van der Waals surface area contributed by atoms with Crippen molar-refractivity contribution in [2.24, 2.45) is 10.9 Å². The number of likely N-dealkylation sites (tertiary alicyclic amines) is 1. The highest BCUT2D eigenvalue weighted by atomic mass is 16.5. The van der Waals surface area contributed by atoms with Crippen molar-refractivity contribution in [2.45, 2.75) is 77.6 Å². The molecule has 0 aliphatic carbocycles. The molecule has 0 saturated carbocycles. The first kappa shape index (κ1) is 22.4. The second-order valence-corrected chi connectivity index (χ2v) is 8.01. The minimum absolute atomic E-state index is 0.307. The number of guanidine groups is 1. The second kappa shape index (κ2) is 12.6. The second-order valence-electron chi connectivity index (χ2n) is 8.01. The van der Waals surface area contributed by atoms with Gasteiger partial charge in [-0.05, 0) is 51.4 Å². The Morgan fingerprint density at radius 2 is 2.00 bits per heavy atom.